The highest BCUT2D eigenvalue weighted by Crippen LogP contribution is 2.44. The summed E-state index contributed by atoms with van der Waals surface area (Å²) in [5, 5.41) is 20.0. The smallest absolute Gasteiger partial charge is 0.308 e. The molecular formula is C13H15N3O4. The Morgan fingerprint density at radius 3 is 2.80 bits per heavy atom. The van der Waals surface area contributed by atoms with Crippen LogP contribution in [0.5, 0.6) is 0 Å². The second kappa shape index (κ2) is 4.43. The van der Waals surface area contributed by atoms with Crippen molar-refractivity contribution < 1.29 is 14.8 Å². The number of carboxylic acid groups (broad SMARTS) is 1. The maximum atomic E-state index is 11.2. The Morgan fingerprint density at radius 1 is 1.50 bits per heavy atom. The Balaban J connectivity index is 1.93. The van der Waals surface area contributed by atoms with E-state index in [0.717, 1.165) is 12.8 Å². The molecule has 106 valence electrons. The summed E-state index contributed by atoms with van der Waals surface area (Å²) in [6.07, 6.45) is 2.45. The number of aromatic nitrogens is 1. The van der Waals surface area contributed by atoms with Gasteiger partial charge in [-0.05, 0) is 32.3 Å². The standard InChI is InChI=1S/C13H15N3O4/c1-7-10(16(19)20)4-5-12(14-7)15-8-2-3-11(15)9(6-8)13(17)18/h4-5,8-9,11H,2-3,6H2,1H3,(H,17,18). The molecule has 3 rings (SSSR count). The number of anilines is 1. The number of fused-ring (bicyclic) bond motifs is 2. The Labute approximate surface area is 115 Å². The lowest BCUT2D eigenvalue weighted by atomic mass is 9.89. The molecule has 1 aromatic rings. The molecule has 0 spiro atoms. The van der Waals surface area contributed by atoms with Crippen LogP contribution in [-0.2, 0) is 4.79 Å². The lowest BCUT2D eigenvalue weighted by molar-refractivity contribution is -0.385. The molecule has 0 radical (unpaired) electrons. The predicted molar refractivity (Wildman–Crippen MR) is 70.7 cm³/mol. The number of aryl methyl sites for hydroxylation is 1. The van der Waals surface area contributed by atoms with E-state index in [1.807, 2.05) is 4.90 Å². The van der Waals surface area contributed by atoms with Crippen LogP contribution in [0, 0.1) is 23.0 Å². The number of pyridine rings is 1. The van der Waals surface area contributed by atoms with Gasteiger partial charge in [0.1, 0.15) is 11.5 Å². The zero-order valence-electron chi connectivity index (χ0n) is 11.0. The molecule has 7 heteroatoms. The van der Waals surface area contributed by atoms with E-state index in [2.05, 4.69) is 4.98 Å². The number of hydrogen-bond donors (Lipinski definition) is 1. The number of aliphatic carboxylic acids is 1. The largest absolute Gasteiger partial charge is 0.481 e. The molecule has 0 saturated carbocycles. The van der Waals surface area contributed by atoms with Gasteiger partial charge in [0.2, 0.25) is 0 Å². The molecule has 3 heterocycles. The molecule has 2 aliphatic rings. The number of hydrogen-bond acceptors (Lipinski definition) is 5. The highest BCUT2D eigenvalue weighted by molar-refractivity contribution is 5.73. The molecule has 2 fully saturated rings. The van der Waals surface area contributed by atoms with Crippen molar-refractivity contribution in [2.45, 2.75) is 38.3 Å². The van der Waals surface area contributed by atoms with E-state index in [9.17, 15) is 20.0 Å². The molecule has 7 nitrogen and oxygen atoms in total. The topological polar surface area (TPSA) is 96.6 Å². The highest BCUT2D eigenvalue weighted by atomic mass is 16.6. The summed E-state index contributed by atoms with van der Waals surface area (Å²) < 4.78 is 0. The first-order valence-corrected chi connectivity index (χ1v) is 6.62. The van der Waals surface area contributed by atoms with Crippen LogP contribution < -0.4 is 4.90 Å². The van der Waals surface area contributed by atoms with E-state index >= 15 is 0 Å². The van der Waals surface area contributed by atoms with Gasteiger partial charge in [0.15, 0.2) is 0 Å². The van der Waals surface area contributed by atoms with Gasteiger partial charge in [0.25, 0.3) is 5.69 Å². The van der Waals surface area contributed by atoms with Gasteiger partial charge in [-0.15, -0.1) is 0 Å². The van der Waals surface area contributed by atoms with E-state index in [-0.39, 0.29) is 23.7 Å². The van der Waals surface area contributed by atoms with E-state index in [1.165, 1.54) is 6.07 Å². The van der Waals surface area contributed by atoms with E-state index < -0.39 is 10.9 Å². The Bertz CT molecular complexity index is 589. The SMILES string of the molecule is Cc1nc(N2C3CCC2C(C(=O)O)C3)ccc1[N+](=O)[O-]. The van der Waals surface area contributed by atoms with E-state index in [1.54, 1.807) is 13.0 Å². The third-order valence-electron chi connectivity index (χ3n) is 4.36. The first kappa shape index (κ1) is 12.8. The maximum Gasteiger partial charge on any atom is 0.308 e. The Kier molecular flexibility index (Phi) is 2.84. The molecule has 0 aromatic carbocycles. The van der Waals surface area contributed by atoms with Crippen molar-refractivity contribution in [2.24, 2.45) is 5.92 Å². The highest BCUT2D eigenvalue weighted by Gasteiger charge is 2.49. The van der Waals surface area contributed by atoms with Crippen LogP contribution in [0.4, 0.5) is 11.5 Å². The average Bonchev–Trinajstić information content (AvgIpc) is 2.95. The summed E-state index contributed by atoms with van der Waals surface area (Å²) in [5.74, 6) is -0.462. The first-order chi connectivity index (χ1) is 9.49. The summed E-state index contributed by atoms with van der Waals surface area (Å²) in [7, 11) is 0. The van der Waals surface area contributed by atoms with Crippen molar-refractivity contribution in [3.8, 4) is 0 Å². The minimum absolute atomic E-state index is 0.00456. The minimum Gasteiger partial charge on any atom is -0.481 e. The molecule has 3 unspecified atom stereocenters. The van der Waals surface area contributed by atoms with Crippen molar-refractivity contribution >= 4 is 17.5 Å². The summed E-state index contributed by atoms with van der Waals surface area (Å²) >= 11 is 0. The summed E-state index contributed by atoms with van der Waals surface area (Å²) in [4.78, 5) is 27.9. The van der Waals surface area contributed by atoms with Gasteiger partial charge in [0, 0.05) is 18.2 Å². The molecule has 3 atom stereocenters. The second-order valence-corrected chi connectivity index (χ2v) is 5.42. The first-order valence-electron chi connectivity index (χ1n) is 6.62. The number of carboxylic acids is 1. The van der Waals surface area contributed by atoms with Gasteiger partial charge in [-0.3, -0.25) is 14.9 Å². The van der Waals surface area contributed by atoms with Crippen LogP contribution in [0.1, 0.15) is 25.0 Å². The Hall–Kier alpha value is -2.18. The molecule has 0 amide bonds. The van der Waals surface area contributed by atoms with Crippen LogP contribution in [0.2, 0.25) is 0 Å². The van der Waals surface area contributed by atoms with Gasteiger partial charge in [-0.25, -0.2) is 4.98 Å². The summed E-state index contributed by atoms with van der Waals surface area (Å²) in [6, 6.07) is 3.23. The van der Waals surface area contributed by atoms with Gasteiger partial charge >= 0.3 is 5.97 Å². The lowest BCUT2D eigenvalue weighted by Gasteiger charge is -2.24. The van der Waals surface area contributed by atoms with Gasteiger partial charge < -0.3 is 10.0 Å². The second-order valence-electron chi connectivity index (χ2n) is 5.42. The number of nitro groups is 1. The van der Waals surface area contributed by atoms with E-state index in [4.69, 9.17) is 0 Å². The molecule has 1 N–H and O–H groups in total. The number of nitrogens with zero attached hydrogens (tertiary/aromatic N) is 3. The van der Waals surface area contributed by atoms with Crippen molar-refractivity contribution in [3.63, 3.8) is 0 Å². The summed E-state index contributed by atoms with van der Waals surface area (Å²) in [6.45, 7) is 1.61. The van der Waals surface area contributed by atoms with Crippen molar-refractivity contribution in [1.29, 1.82) is 0 Å². The molecule has 1 aromatic heterocycles. The predicted octanol–water partition coefficient (Wildman–Crippen LogP) is 1.74. The van der Waals surface area contributed by atoms with Crippen molar-refractivity contribution in [3.05, 3.63) is 27.9 Å². The van der Waals surface area contributed by atoms with Crippen LogP contribution in [-0.4, -0.2) is 33.1 Å². The van der Waals surface area contributed by atoms with Crippen molar-refractivity contribution in [2.75, 3.05) is 4.90 Å². The molecule has 20 heavy (non-hydrogen) atoms. The molecule has 2 bridgehead atoms. The van der Waals surface area contributed by atoms with Crippen molar-refractivity contribution in [1.82, 2.24) is 4.98 Å². The average molecular weight is 277 g/mol. The zero-order valence-corrected chi connectivity index (χ0v) is 11.0. The monoisotopic (exact) mass is 277 g/mol. The van der Waals surface area contributed by atoms with Crippen LogP contribution >= 0.6 is 0 Å². The van der Waals surface area contributed by atoms with Gasteiger partial charge in [-0.2, -0.15) is 0 Å². The summed E-state index contributed by atoms with van der Waals surface area (Å²) in [5.41, 5.74) is 0.362. The van der Waals surface area contributed by atoms with Crippen LogP contribution in [0.25, 0.3) is 0 Å². The molecule has 0 aliphatic carbocycles. The lowest BCUT2D eigenvalue weighted by Crippen LogP contribution is -2.33. The maximum absolute atomic E-state index is 11.2. The quantitative estimate of drug-likeness (QED) is 0.667. The fourth-order valence-corrected chi connectivity index (χ4v) is 3.49. The molecular weight excluding hydrogens is 262 g/mol. The Morgan fingerprint density at radius 2 is 2.25 bits per heavy atom. The van der Waals surface area contributed by atoms with Crippen LogP contribution in [0.3, 0.4) is 0 Å². The van der Waals surface area contributed by atoms with Crippen LogP contribution in [0.15, 0.2) is 12.1 Å². The fraction of sp³-hybridized carbons (Fsp3) is 0.538. The van der Waals surface area contributed by atoms with Gasteiger partial charge in [-0.1, -0.05) is 0 Å². The van der Waals surface area contributed by atoms with Gasteiger partial charge in [0.05, 0.1) is 10.8 Å². The molecule has 2 saturated heterocycles. The number of rotatable bonds is 3. The fourth-order valence-electron chi connectivity index (χ4n) is 3.49. The number of carbonyl (C=O) groups is 1. The molecule has 2 aliphatic heterocycles. The third-order valence-corrected chi connectivity index (χ3v) is 4.36. The minimum atomic E-state index is -0.763. The van der Waals surface area contributed by atoms with E-state index in [0.29, 0.717) is 17.9 Å². The third kappa shape index (κ3) is 1.81. The normalized spacial score (nSPS) is 27.9. The zero-order chi connectivity index (χ0) is 14.4.